The summed E-state index contributed by atoms with van der Waals surface area (Å²) in [5.41, 5.74) is 2.21. The minimum atomic E-state index is 0.475. The predicted molar refractivity (Wildman–Crippen MR) is 82.8 cm³/mol. The summed E-state index contributed by atoms with van der Waals surface area (Å²) in [4.78, 5) is 0. The van der Waals surface area contributed by atoms with Gasteiger partial charge in [-0.1, -0.05) is 19.1 Å². The topological polar surface area (TPSA) is 59.2 Å². The number of aryl methyl sites for hydroxylation is 1. The SMILES string of the molecule is CCCNCc1cccc(OCCOc2cc(C)[nH]n2)c1. The van der Waals surface area contributed by atoms with Gasteiger partial charge in [0.15, 0.2) is 0 Å². The average Bonchev–Trinajstić information content (AvgIpc) is 2.90. The van der Waals surface area contributed by atoms with E-state index in [1.165, 1.54) is 5.56 Å². The minimum Gasteiger partial charge on any atom is -0.490 e. The summed E-state index contributed by atoms with van der Waals surface area (Å²) in [5, 5.41) is 10.2. The second-order valence-electron chi connectivity index (χ2n) is 4.91. The van der Waals surface area contributed by atoms with E-state index in [2.05, 4.69) is 34.6 Å². The van der Waals surface area contributed by atoms with Gasteiger partial charge in [0.05, 0.1) is 0 Å². The van der Waals surface area contributed by atoms with Gasteiger partial charge in [0.25, 0.3) is 0 Å². The number of aromatic amines is 1. The Kier molecular flexibility index (Phi) is 6.09. The van der Waals surface area contributed by atoms with Gasteiger partial charge in [-0.2, -0.15) is 0 Å². The fourth-order valence-corrected chi connectivity index (χ4v) is 1.93. The van der Waals surface area contributed by atoms with Crippen LogP contribution in [-0.2, 0) is 6.54 Å². The summed E-state index contributed by atoms with van der Waals surface area (Å²) in [6, 6.07) is 9.98. The highest BCUT2D eigenvalue weighted by Crippen LogP contribution is 2.13. The smallest absolute Gasteiger partial charge is 0.232 e. The van der Waals surface area contributed by atoms with E-state index in [4.69, 9.17) is 9.47 Å². The molecule has 1 heterocycles. The molecule has 2 N–H and O–H groups in total. The molecule has 0 aliphatic rings. The van der Waals surface area contributed by atoms with Crippen LogP contribution in [0.2, 0.25) is 0 Å². The van der Waals surface area contributed by atoms with Crippen LogP contribution in [-0.4, -0.2) is 30.0 Å². The monoisotopic (exact) mass is 289 g/mol. The van der Waals surface area contributed by atoms with Crippen molar-refractivity contribution < 1.29 is 9.47 Å². The molecule has 0 amide bonds. The van der Waals surface area contributed by atoms with Crippen molar-refractivity contribution in [2.24, 2.45) is 0 Å². The van der Waals surface area contributed by atoms with Gasteiger partial charge in [-0.25, -0.2) is 0 Å². The van der Waals surface area contributed by atoms with Gasteiger partial charge in [-0.05, 0) is 37.6 Å². The molecule has 0 saturated carbocycles. The molecule has 0 atom stereocenters. The minimum absolute atomic E-state index is 0.475. The molecule has 2 rings (SSSR count). The van der Waals surface area contributed by atoms with Crippen LogP contribution in [0.3, 0.4) is 0 Å². The fourth-order valence-electron chi connectivity index (χ4n) is 1.93. The first kappa shape index (κ1) is 15.4. The van der Waals surface area contributed by atoms with E-state index in [-0.39, 0.29) is 0 Å². The van der Waals surface area contributed by atoms with E-state index >= 15 is 0 Å². The number of aromatic nitrogens is 2. The molecule has 114 valence electrons. The Morgan fingerprint density at radius 3 is 2.81 bits per heavy atom. The summed E-state index contributed by atoms with van der Waals surface area (Å²) < 4.78 is 11.2. The first-order valence-electron chi connectivity index (χ1n) is 7.35. The molecular weight excluding hydrogens is 266 g/mol. The third kappa shape index (κ3) is 5.47. The van der Waals surface area contributed by atoms with Crippen LogP contribution in [0.4, 0.5) is 0 Å². The van der Waals surface area contributed by atoms with Crippen molar-refractivity contribution in [2.75, 3.05) is 19.8 Å². The lowest BCUT2D eigenvalue weighted by Crippen LogP contribution is -2.14. The number of rotatable bonds is 9. The van der Waals surface area contributed by atoms with Gasteiger partial charge < -0.3 is 14.8 Å². The molecule has 5 nitrogen and oxygen atoms in total. The number of ether oxygens (including phenoxy) is 2. The van der Waals surface area contributed by atoms with E-state index in [0.29, 0.717) is 19.1 Å². The van der Waals surface area contributed by atoms with Crippen LogP contribution >= 0.6 is 0 Å². The Labute approximate surface area is 125 Å². The van der Waals surface area contributed by atoms with Crippen molar-refractivity contribution in [1.82, 2.24) is 15.5 Å². The van der Waals surface area contributed by atoms with Crippen molar-refractivity contribution in [1.29, 1.82) is 0 Å². The molecule has 0 aliphatic carbocycles. The van der Waals surface area contributed by atoms with Gasteiger partial charge in [-0.15, -0.1) is 5.10 Å². The lowest BCUT2D eigenvalue weighted by Gasteiger charge is -2.09. The maximum Gasteiger partial charge on any atom is 0.232 e. The van der Waals surface area contributed by atoms with Crippen LogP contribution in [0.15, 0.2) is 30.3 Å². The number of hydrogen-bond donors (Lipinski definition) is 2. The molecule has 0 fully saturated rings. The molecule has 21 heavy (non-hydrogen) atoms. The maximum atomic E-state index is 5.69. The van der Waals surface area contributed by atoms with Crippen LogP contribution in [0, 0.1) is 6.92 Å². The first-order chi connectivity index (χ1) is 10.3. The highest BCUT2D eigenvalue weighted by molar-refractivity contribution is 5.28. The summed E-state index contributed by atoms with van der Waals surface area (Å²) in [5.74, 6) is 1.47. The summed E-state index contributed by atoms with van der Waals surface area (Å²) in [6.07, 6.45) is 1.14. The summed E-state index contributed by atoms with van der Waals surface area (Å²) in [7, 11) is 0. The van der Waals surface area contributed by atoms with E-state index < -0.39 is 0 Å². The van der Waals surface area contributed by atoms with Crippen molar-refractivity contribution in [3.05, 3.63) is 41.6 Å². The maximum absolute atomic E-state index is 5.69. The zero-order chi connectivity index (χ0) is 14.9. The molecule has 0 bridgehead atoms. The molecule has 1 aromatic heterocycles. The highest BCUT2D eigenvalue weighted by atomic mass is 16.5. The lowest BCUT2D eigenvalue weighted by molar-refractivity contribution is 0.211. The van der Waals surface area contributed by atoms with Crippen molar-refractivity contribution >= 4 is 0 Å². The third-order valence-electron chi connectivity index (χ3n) is 2.94. The molecule has 0 spiro atoms. The van der Waals surface area contributed by atoms with Crippen LogP contribution in [0.5, 0.6) is 11.6 Å². The molecule has 5 heteroatoms. The normalized spacial score (nSPS) is 10.6. The molecule has 0 unspecified atom stereocenters. The van der Waals surface area contributed by atoms with Crippen molar-refractivity contribution in [2.45, 2.75) is 26.8 Å². The number of H-pyrrole nitrogens is 1. The van der Waals surface area contributed by atoms with Crippen molar-refractivity contribution in [3.8, 4) is 11.6 Å². The zero-order valence-corrected chi connectivity index (χ0v) is 12.7. The predicted octanol–water partition coefficient (Wildman–Crippen LogP) is 2.68. The quantitative estimate of drug-likeness (QED) is 0.697. The highest BCUT2D eigenvalue weighted by Gasteiger charge is 2.00. The zero-order valence-electron chi connectivity index (χ0n) is 12.7. The summed E-state index contributed by atoms with van der Waals surface area (Å²) >= 11 is 0. The largest absolute Gasteiger partial charge is 0.490 e. The van der Waals surface area contributed by atoms with E-state index in [9.17, 15) is 0 Å². The van der Waals surface area contributed by atoms with Gasteiger partial charge in [-0.3, -0.25) is 5.10 Å². The van der Waals surface area contributed by atoms with Gasteiger partial charge >= 0.3 is 0 Å². The molecule has 0 saturated heterocycles. The van der Waals surface area contributed by atoms with Crippen LogP contribution in [0.25, 0.3) is 0 Å². The van der Waals surface area contributed by atoms with Crippen LogP contribution in [0.1, 0.15) is 24.6 Å². The average molecular weight is 289 g/mol. The lowest BCUT2D eigenvalue weighted by atomic mass is 10.2. The second-order valence-corrected chi connectivity index (χ2v) is 4.91. The van der Waals surface area contributed by atoms with Gasteiger partial charge in [0, 0.05) is 18.3 Å². The number of nitrogens with zero attached hydrogens (tertiary/aromatic N) is 1. The third-order valence-corrected chi connectivity index (χ3v) is 2.94. The Morgan fingerprint density at radius 2 is 2.05 bits per heavy atom. The molecule has 0 aliphatic heterocycles. The van der Waals surface area contributed by atoms with Crippen LogP contribution < -0.4 is 14.8 Å². The molecular formula is C16H23N3O2. The Bertz CT molecular complexity index is 540. The Balaban J connectivity index is 1.71. The van der Waals surface area contributed by atoms with E-state index in [1.807, 2.05) is 25.1 Å². The fraction of sp³-hybridized carbons (Fsp3) is 0.438. The molecule has 0 radical (unpaired) electrons. The van der Waals surface area contributed by atoms with E-state index in [0.717, 1.165) is 31.0 Å². The van der Waals surface area contributed by atoms with Crippen molar-refractivity contribution in [3.63, 3.8) is 0 Å². The number of hydrogen-bond acceptors (Lipinski definition) is 4. The second kappa shape index (κ2) is 8.32. The Hall–Kier alpha value is -2.01. The Morgan fingerprint density at radius 1 is 1.19 bits per heavy atom. The number of nitrogens with one attached hydrogen (secondary N) is 2. The summed E-state index contributed by atoms with van der Waals surface area (Å²) in [6.45, 7) is 6.97. The standard InChI is InChI=1S/C16H23N3O2/c1-3-7-17-12-14-5-4-6-15(11-14)20-8-9-21-16-10-13(2)18-19-16/h4-6,10-11,17H,3,7-9,12H2,1-2H3,(H,18,19). The van der Waals surface area contributed by atoms with E-state index in [1.54, 1.807) is 0 Å². The first-order valence-corrected chi connectivity index (χ1v) is 7.35. The number of benzene rings is 1. The molecule has 1 aromatic carbocycles. The molecule has 2 aromatic rings. The van der Waals surface area contributed by atoms with Gasteiger partial charge in [0.2, 0.25) is 5.88 Å². The van der Waals surface area contributed by atoms with Gasteiger partial charge in [0.1, 0.15) is 19.0 Å².